The zero-order chi connectivity index (χ0) is 14.3. The first-order valence-electron chi connectivity index (χ1n) is 6.03. The van der Waals surface area contributed by atoms with Crippen LogP contribution < -0.4 is 5.32 Å². The Bertz CT molecular complexity index is 518. The standard InChI is InChI=1S/C14H16N2O3/c1-3-4-5-6-9-15-14(17)12-8-7-11(2)13(10-12)16(18)19/h1,7-8,10H,4-6,9H2,2H3,(H,15,17). The van der Waals surface area contributed by atoms with E-state index in [9.17, 15) is 14.9 Å². The number of nitrogens with zero attached hydrogens (tertiary/aromatic N) is 1. The zero-order valence-electron chi connectivity index (χ0n) is 10.8. The fourth-order valence-corrected chi connectivity index (χ4v) is 1.60. The third-order valence-corrected chi connectivity index (χ3v) is 2.70. The number of carbonyl (C=O) groups excluding carboxylic acids is 1. The van der Waals surface area contributed by atoms with Crippen molar-refractivity contribution in [1.29, 1.82) is 0 Å². The van der Waals surface area contributed by atoms with Crippen LogP contribution in [0.4, 0.5) is 5.69 Å². The summed E-state index contributed by atoms with van der Waals surface area (Å²) in [5, 5.41) is 13.5. The molecular formula is C14H16N2O3. The number of nitrogens with one attached hydrogen (secondary N) is 1. The van der Waals surface area contributed by atoms with E-state index in [1.165, 1.54) is 6.07 Å². The number of hydrogen-bond acceptors (Lipinski definition) is 3. The van der Waals surface area contributed by atoms with E-state index >= 15 is 0 Å². The maximum absolute atomic E-state index is 11.8. The predicted octanol–water partition coefficient (Wildman–Crippen LogP) is 2.44. The van der Waals surface area contributed by atoms with E-state index in [4.69, 9.17) is 6.42 Å². The van der Waals surface area contributed by atoms with Gasteiger partial charge in [-0.15, -0.1) is 12.3 Å². The molecule has 0 unspecified atom stereocenters. The lowest BCUT2D eigenvalue weighted by atomic mass is 10.1. The Morgan fingerprint density at radius 2 is 2.21 bits per heavy atom. The Balaban J connectivity index is 2.60. The quantitative estimate of drug-likeness (QED) is 0.369. The SMILES string of the molecule is C#CCCCCNC(=O)c1ccc(C)c([N+](=O)[O-])c1. The molecule has 5 heteroatoms. The lowest BCUT2D eigenvalue weighted by Crippen LogP contribution is -2.24. The Kier molecular flexibility index (Phi) is 5.55. The summed E-state index contributed by atoms with van der Waals surface area (Å²) in [7, 11) is 0. The maximum Gasteiger partial charge on any atom is 0.273 e. The van der Waals surface area contributed by atoms with E-state index in [2.05, 4.69) is 11.2 Å². The van der Waals surface area contributed by atoms with Gasteiger partial charge in [0.2, 0.25) is 0 Å². The van der Waals surface area contributed by atoms with Crippen LogP contribution in [0.15, 0.2) is 18.2 Å². The average molecular weight is 260 g/mol. The second-order valence-corrected chi connectivity index (χ2v) is 4.18. The Labute approximate surface area is 112 Å². The highest BCUT2D eigenvalue weighted by Gasteiger charge is 2.14. The molecule has 0 aliphatic rings. The molecule has 100 valence electrons. The van der Waals surface area contributed by atoms with Crippen LogP contribution in [-0.4, -0.2) is 17.4 Å². The number of hydrogen-bond donors (Lipinski definition) is 1. The molecule has 0 bridgehead atoms. The molecule has 0 aliphatic carbocycles. The minimum Gasteiger partial charge on any atom is -0.352 e. The van der Waals surface area contributed by atoms with Crippen LogP contribution in [-0.2, 0) is 0 Å². The van der Waals surface area contributed by atoms with Gasteiger partial charge in [-0.2, -0.15) is 0 Å². The first kappa shape index (κ1) is 14.7. The molecule has 1 N–H and O–H groups in total. The summed E-state index contributed by atoms with van der Waals surface area (Å²) < 4.78 is 0. The molecule has 0 atom stereocenters. The van der Waals surface area contributed by atoms with E-state index in [0.717, 1.165) is 12.8 Å². The van der Waals surface area contributed by atoms with Gasteiger partial charge < -0.3 is 5.32 Å². The first-order valence-corrected chi connectivity index (χ1v) is 6.03. The van der Waals surface area contributed by atoms with Crippen molar-refractivity contribution in [2.75, 3.05) is 6.54 Å². The fraction of sp³-hybridized carbons (Fsp3) is 0.357. The van der Waals surface area contributed by atoms with E-state index in [1.54, 1.807) is 19.1 Å². The molecule has 1 rings (SSSR count). The van der Waals surface area contributed by atoms with E-state index in [1.807, 2.05) is 0 Å². The minimum absolute atomic E-state index is 0.0417. The molecule has 1 aromatic carbocycles. The van der Waals surface area contributed by atoms with Gasteiger partial charge in [0.25, 0.3) is 11.6 Å². The van der Waals surface area contributed by atoms with Gasteiger partial charge in [0.15, 0.2) is 0 Å². The summed E-state index contributed by atoms with van der Waals surface area (Å²) in [6.07, 6.45) is 7.45. The van der Waals surface area contributed by atoms with Crippen LogP contribution in [0.2, 0.25) is 0 Å². The van der Waals surface area contributed by atoms with Gasteiger partial charge in [0.1, 0.15) is 0 Å². The van der Waals surface area contributed by atoms with Gasteiger partial charge in [0, 0.05) is 30.2 Å². The largest absolute Gasteiger partial charge is 0.352 e. The number of amides is 1. The number of carbonyl (C=O) groups is 1. The maximum atomic E-state index is 11.8. The number of terminal acetylenes is 1. The van der Waals surface area contributed by atoms with Crippen LogP contribution in [0.3, 0.4) is 0 Å². The lowest BCUT2D eigenvalue weighted by molar-refractivity contribution is -0.385. The van der Waals surface area contributed by atoms with Gasteiger partial charge in [0.05, 0.1) is 4.92 Å². The molecule has 5 nitrogen and oxygen atoms in total. The van der Waals surface area contributed by atoms with Crippen molar-refractivity contribution in [3.05, 3.63) is 39.4 Å². The van der Waals surface area contributed by atoms with Crippen molar-refractivity contribution in [3.63, 3.8) is 0 Å². The number of rotatable bonds is 6. The van der Waals surface area contributed by atoms with Crippen molar-refractivity contribution in [2.45, 2.75) is 26.2 Å². The second-order valence-electron chi connectivity index (χ2n) is 4.18. The normalized spacial score (nSPS) is 9.68. The summed E-state index contributed by atoms with van der Waals surface area (Å²) in [5.74, 6) is 2.22. The van der Waals surface area contributed by atoms with Crippen molar-refractivity contribution in [3.8, 4) is 12.3 Å². The summed E-state index contributed by atoms with van der Waals surface area (Å²) in [5.41, 5.74) is 0.796. The van der Waals surface area contributed by atoms with Gasteiger partial charge in [-0.25, -0.2) is 0 Å². The van der Waals surface area contributed by atoms with E-state index in [-0.39, 0.29) is 11.6 Å². The third-order valence-electron chi connectivity index (χ3n) is 2.70. The molecule has 0 fully saturated rings. The molecule has 0 heterocycles. The van der Waals surface area contributed by atoms with Crippen LogP contribution >= 0.6 is 0 Å². The molecule has 0 spiro atoms. The van der Waals surface area contributed by atoms with Gasteiger partial charge in [-0.05, 0) is 25.8 Å². The number of unbranched alkanes of at least 4 members (excludes halogenated alkanes) is 2. The van der Waals surface area contributed by atoms with Crippen LogP contribution in [0.25, 0.3) is 0 Å². The topological polar surface area (TPSA) is 72.2 Å². The van der Waals surface area contributed by atoms with Crippen molar-refractivity contribution in [1.82, 2.24) is 5.32 Å². The molecule has 19 heavy (non-hydrogen) atoms. The molecular weight excluding hydrogens is 244 g/mol. The molecule has 1 aromatic rings. The Morgan fingerprint density at radius 1 is 1.47 bits per heavy atom. The van der Waals surface area contributed by atoms with Crippen LogP contribution in [0, 0.1) is 29.4 Å². The highest BCUT2D eigenvalue weighted by atomic mass is 16.6. The lowest BCUT2D eigenvalue weighted by Gasteiger charge is -2.05. The summed E-state index contributed by atoms with van der Waals surface area (Å²) >= 11 is 0. The molecule has 0 saturated carbocycles. The van der Waals surface area contributed by atoms with Gasteiger partial charge in [-0.3, -0.25) is 14.9 Å². The van der Waals surface area contributed by atoms with Crippen molar-refractivity contribution < 1.29 is 9.72 Å². The number of benzene rings is 1. The van der Waals surface area contributed by atoms with Gasteiger partial charge in [-0.1, -0.05) is 6.07 Å². The highest BCUT2D eigenvalue weighted by molar-refractivity contribution is 5.94. The fourth-order valence-electron chi connectivity index (χ4n) is 1.60. The Hall–Kier alpha value is -2.35. The van der Waals surface area contributed by atoms with Crippen LogP contribution in [0.5, 0.6) is 0 Å². The predicted molar refractivity (Wildman–Crippen MR) is 72.9 cm³/mol. The molecule has 1 amide bonds. The smallest absolute Gasteiger partial charge is 0.273 e. The van der Waals surface area contributed by atoms with E-state index in [0.29, 0.717) is 24.1 Å². The molecule has 0 saturated heterocycles. The van der Waals surface area contributed by atoms with Gasteiger partial charge >= 0.3 is 0 Å². The average Bonchev–Trinajstić information content (AvgIpc) is 2.38. The summed E-state index contributed by atoms with van der Waals surface area (Å²) in [4.78, 5) is 22.1. The molecule has 0 aromatic heterocycles. The zero-order valence-corrected chi connectivity index (χ0v) is 10.8. The van der Waals surface area contributed by atoms with E-state index < -0.39 is 4.92 Å². The monoisotopic (exact) mass is 260 g/mol. The van der Waals surface area contributed by atoms with Crippen molar-refractivity contribution >= 4 is 11.6 Å². The molecule has 0 aliphatic heterocycles. The molecule has 0 radical (unpaired) electrons. The second kappa shape index (κ2) is 7.17. The number of nitro groups is 1. The summed E-state index contributed by atoms with van der Waals surface area (Å²) in [6.45, 7) is 2.15. The summed E-state index contributed by atoms with van der Waals surface area (Å²) in [6, 6.07) is 4.45. The third kappa shape index (κ3) is 4.43. The highest BCUT2D eigenvalue weighted by Crippen LogP contribution is 2.19. The Morgan fingerprint density at radius 3 is 2.84 bits per heavy atom. The van der Waals surface area contributed by atoms with Crippen molar-refractivity contribution in [2.24, 2.45) is 0 Å². The number of aryl methyl sites for hydroxylation is 1. The number of nitro benzene ring substituents is 1. The minimum atomic E-state index is -0.487. The van der Waals surface area contributed by atoms with Crippen LogP contribution in [0.1, 0.15) is 35.2 Å². The first-order chi connectivity index (χ1) is 9.06.